The number of oxime groups is 1. The summed E-state index contributed by atoms with van der Waals surface area (Å²) in [6.07, 6.45) is 0.409. The largest absolute Gasteiger partial charge is 0.481 e. The van der Waals surface area contributed by atoms with E-state index in [9.17, 15) is 0 Å². The molecule has 1 heterocycles. The van der Waals surface area contributed by atoms with Gasteiger partial charge in [-0.1, -0.05) is 19.0 Å². The molecule has 1 aromatic heterocycles. The van der Waals surface area contributed by atoms with Crippen molar-refractivity contribution >= 4 is 11.8 Å². The fourth-order valence-corrected chi connectivity index (χ4v) is 1.76. The van der Waals surface area contributed by atoms with Crippen LogP contribution in [0.4, 0.5) is 5.95 Å². The number of hydrogen-bond donors (Lipinski definition) is 2. The van der Waals surface area contributed by atoms with Gasteiger partial charge in [-0.05, 0) is 5.92 Å². The van der Waals surface area contributed by atoms with E-state index in [0.717, 1.165) is 6.54 Å². The maximum absolute atomic E-state index is 8.64. The van der Waals surface area contributed by atoms with Gasteiger partial charge in [0.25, 0.3) is 0 Å². The first-order chi connectivity index (χ1) is 9.99. The van der Waals surface area contributed by atoms with Crippen LogP contribution in [0, 0.1) is 5.92 Å². The lowest BCUT2D eigenvalue weighted by atomic mass is 10.2. The van der Waals surface area contributed by atoms with Gasteiger partial charge < -0.3 is 25.3 Å². The van der Waals surface area contributed by atoms with Crippen molar-refractivity contribution < 1.29 is 14.7 Å². The van der Waals surface area contributed by atoms with Gasteiger partial charge in [-0.15, -0.1) is 0 Å². The Morgan fingerprint density at radius 2 is 1.90 bits per heavy atom. The SMILES string of the molecule is COc1cc(OC)nc(N(CC/C(N)=N/O)CC(C)C)n1. The minimum absolute atomic E-state index is 0.165. The Balaban J connectivity index is 3.00. The molecular weight excluding hydrogens is 274 g/mol. The summed E-state index contributed by atoms with van der Waals surface area (Å²) >= 11 is 0. The van der Waals surface area contributed by atoms with E-state index in [2.05, 4.69) is 29.0 Å². The molecule has 0 unspecified atom stereocenters. The lowest BCUT2D eigenvalue weighted by Gasteiger charge is -2.24. The molecule has 0 aliphatic heterocycles. The molecule has 0 saturated carbocycles. The van der Waals surface area contributed by atoms with Crippen LogP contribution < -0.4 is 20.1 Å². The number of aromatic nitrogens is 2. The smallest absolute Gasteiger partial charge is 0.231 e. The highest BCUT2D eigenvalue weighted by molar-refractivity contribution is 5.80. The zero-order valence-corrected chi connectivity index (χ0v) is 12.9. The quantitative estimate of drug-likeness (QED) is 0.320. The third kappa shape index (κ3) is 5.33. The van der Waals surface area contributed by atoms with E-state index in [0.29, 0.717) is 36.6 Å². The molecule has 118 valence electrons. The van der Waals surface area contributed by atoms with Gasteiger partial charge in [0.2, 0.25) is 17.7 Å². The molecule has 1 rings (SSSR count). The van der Waals surface area contributed by atoms with Gasteiger partial charge in [0, 0.05) is 19.5 Å². The van der Waals surface area contributed by atoms with Gasteiger partial charge >= 0.3 is 0 Å². The molecule has 0 radical (unpaired) electrons. The summed E-state index contributed by atoms with van der Waals surface area (Å²) in [5.74, 6) is 1.91. The molecule has 8 nitrogen and oxygen atoms in total. The molecule has 8 heteroatoms. The molecule has 0 aliphatic rings. The fourth-order valence-electron chi connectivity index (χ4n) is 1.76. The molecule has 0 atom stereocenters. The topological polar surface area (TPSA) is 106 Å². The van der Waals surface area contributed by atoms with Crippen molar-refractivity contribution in [2.75, 3.05) is 32.2 Å². The van der Waals surface area contributed by atoms with E-state index in [4.69, 9.17) is 20.4 Å². The van der Waals surface area contributed by atoms with Crippen LogP contribution in [0.2, 0.25) is 0 Å². The second kappa shape index (κ2) is 8.13. The number of amidine groups is 1. The molecule has 1 aromatic rings. The van der Waals surface area contributed by atoms with Gasteiger partial charge in [0.05, 0.1) is 20.3 Å². The Morgan fingerprint density at radius 3 is 2.33 bits per heavy atom. The second-order valence-corrected chi connectivity index (χ2v) is 4.93. The molecule has 0 fully saturated rings. The van der Waals surface area contributed by atoms with Crippen LogP contribution in [-0.2, 0) is 0 Å². The van der Waals surface area contributed by atoms with Crippen LogP contribution in [0.15, 0.2) is 11.2 Å². The normalized spacial score (nSPS) is 11.6. The Hall–Kier alpha value is -2.25. The summed E-state index contributed by atoms with van der Waals surface area (Å²) in [7, 11) is 3.07. The lowest BCUT2D eigenvalue weighted by molar-refractivity contribution is 0.317. The highest BCUT2D eigenvalue weighted by Gasteiger charge is 2.15. The first kappa shape index (κ1) is 16.8. The van der Waals surface area contributed by atoms with Crippen molar-refractivity contribution in [1.82, 2.24) is 9.97 Å². The Morgan fingerprint density at radius 1 is 1.33 bits per heavy atom. The number of rotatable bonds is 8. The van der Waals surface area contributed by atoms with Crippen LogP contribution in [0.1, 0.15) is 20.3 Å². The number of hydrogen-bond acceptors (Lipinski definition) is 7. The van der Waals surface area contributed by atoms with Crippen molar-refractivity contribution in [3.63, 3.8) is 0 Å². The molecule has 3 N–H and O–H groups in total. The van der Waals surface area contributed by atoms with Gasteiger partial charge in [0.1, 0.15) is 5.84 Å². The van der Waals surface area contributed by atoms with Crippen LogP contribution in [0.25, 0.3) is 0 Å². The van der Waals surface area contributed by atoms with E-state index >= 15 is 0 Å². The highest BCUT2D eigenvalue weighted by atomic mass is 16.5. The third-order valence-electron chi connectivity index (χ3n) is 2.72. The zero-order valence-electron chi connectivity index (χ0n) is 12.9. The number of ether oxygens (including phenoxy) is 2. The van der Waals surface area contributed by atoms with E-state index in [1.165, 1.54) is 14.2 Å². The molecule has 0 aromatic carbocycles. The number of anilines is 1. The highest BCUT2D eigenvalue weighted by Crippen LogP contribution is 2.21. The third-order valence-corrected chi connectivity index (χ3v) is 2.72. The van der Waals surface area contributed by atoms with Gasteiger partial charge in [0.15, 0.2) is 0 Å². The van der Waals surface area contributed by atoms with Crippen molar-refractivity contribution in [3.05, 3.63) is 6.07 Å². The molecule has 0 saturated heterocycles. The Kier molecular flexibility index (Phi) is 6.51. The van der Waals surface area contributed by atoms with Crippen molar-refractivity contribution in [2.24, 2.45) is 16.8 Å². The van der Waals surface area contributed by atoms with Crippen molar-refractivity contribution in [3.8, 4) is 11.8 Å². The van der Waals surface area contributed by atoms with Crippen LogP contribution in [0.3, 0.4) is 0 Å². The molecule has 0 spiro atoms. The average molecular weight is 297 g/mol. The number of nitrogens with two attached hydrogens (primary N) is 1. The first-order valence-corrected chi connectivity index (χ1v) is 6.68. The summed E-state index contributed by atoms with van der Waals surface area (Å²) in [4.78, 5) is 10.6. The van der Waals surface area contributed by atoms with E-state index in [-0.39, 0.29) is 5.84 Å². The van der Waals surface area contributed by atoms with Gasteiger partial charge in [-0.2, -0.15) is 9.97 Å². The lowest BCUT2D eigenvalue weighted by Crippen LogP contribution is -2.33. The minimum atomic E-state index is 0.165. The summed E-state index contributed by atoms with van der Waals surface area (Å²) in [6, 6.07) is 1.61. The fraction of sp³-hybridized carbons (Fsp3) is 0.615. The van der Waals surface area contributed by atoms with E-state index in [1.54, 1.807) is 6.07 Å². The van der Waals surface area contributed by atoms with Gasteiger partial charge in [-0.25, -0.2) is 0 Å². The molecule has 0 amide bonds. The monoisotopic (exact) mass is 297 g/mol. The standard InChI is InChI=1S/C13H23N5O3/c1-9(2)8-18(6-5-10(14)17-19)13-15-11(20-3)7-12(16-13)21-4/h7,9,19H,5-6,8H2,1-4H3,(H2,14,17). The van der Waals surface area contributed by atoms with Crippen LogP contribution in [-0.4, -0.2) is 48.3 Å². The Bertz CT molecular complexity index is 457. The summed E-state index contributed by atoms with van der Waals surface area (Å²) in [5, 5.41) is 11.6. The zero-order chi connectivity index (χ0) is 15.8. The molecule has 0 aliphatic carbocycles. The van der Waals surface area contributed by atoms with Crippen LogP contribution >= 0.6 is 0 Å². The predicted octanol–water partition coefficient (Wildman–Crippen LogP) is 1.09. The predicted molar refractivity (Wildman–Crippen MR) is 80.2 cm³/mol. The molecule has 21 heavy (non-hydrogen) atoms. The maximum Gasteiger partial charge on any atom is 0.231 e. The van der Waals surface area contributed by atoms with Crippen molar-refractivity contribution in [2.45, 2.75) is 20.3 Å². The van der Waals surface area contributed by atoms with Crippen LogP contribution in [0.5, 0.6) is 11.8 Å². The number of methoxy groups -OCH3 is 2. The summed E-state index contributed by atoms with van der Waals surface area (Å²) < 4.78 is 10.3. The Labute approximate surface area is 124 Å². The number of nitrogens with zero attached hydrogens (tertiary/aromatic N) is 4. The molecule has 0 bridgehead atoms. The van der Waals surface area contributed by atoms with E-state index in [1.807, 2.05) is 4.90 Å². The van der Waals surface area contributed by atoms with E-state index < -0.39 is 0 Å². The average Bonchev–Trinajstić information content (AvgIpc) is 2.49. The summed E-state index contributed by atoms with van der Waals surface area (Å²) in [5.41, 5.74) is 5.53. The minimum Gasteiger partial charge on any atom is -0.481 e. The van der Waals surface area contributed by atoms with Gasteiger partial charge in [-0.3, -0.25) is 0 Å². The first-order valence-electron chi connectivity index (χ1n) is 6.68. The molecular formula is C13H23N5O3. The maximum atomic E-state index is 8.64. The second-order valence-electron chi connectivity index (χ2n) is 4.93. The summed E-state index contributed by atoms with van der Waals surface area (Å²) in [6.45, 7) is 5.45. The van der Waals surface area contributed by atoms with Crippen molar-refractivity contribution in [1.29, 1.82) is 0 Å².